The average molecular weight is 370 g/mol. The van der Waals surface area contributed by atoms with Gasteiger partial charge in [0.1, 0.15) is 0 Å². The van der Waals surface area contributed by atoms with Crippen molar-refractivity contribution in [1.29, 1.82) is 0 Å². The van der Waals surface area contributed by atoms with Crippen molar-refractivity contribution in [2.75, 3.05) is 39.4 Å². The third-order valence-electron chi connectivity index (χ3n) is 5.61. The average Bonchev–Trinajstić information content (AvgIpc) is 2.71. The van der Waals surface area contributed by atoms with E-state index in [-0.39, 0.29) is 23.9 Å². The summed E-state index contributed by atoms with van der Waals surface area (Å²) >= 11 is 0. The molecular weight excluding hydrogens is 344 g/mol. The highest BCUT2D eigenvalue weighted by atomic mass is 16.5. The Morgan fingerprint density at radius 3 is 2.74 bits per heavy atom. The molecule has 2 aliphatic rings. The fraction of sp³-hybridized carbons (Fsp3) is 0.550. The topological polar surface area (TPSA) is 78.5 Å². The van der Waals surface area contributed by atoms with Gasteiger partial charge in [-0.15, -0.1) is 0 Å². The summed E-state index contributed by atoms with van der Waals surface area (Å²) in [6, 6.07) is 7.58. The van der Waals surface area contributed by atoms with Crippen molar-refractivity contribution < 1.29 is 9.53 Å². The van der Waals surface area contributed by atoms with Crippen LogP contribution in [0.3, 0.4) is 0 Å². The fourth-order valence-corrected chi connectivity index (χ4v) is 4.15. The molecule has 2 fully saturated rings. The van der Waals surface area contributed by atoms with Crippen molar-refractivity contribution in [2.45, 2.75) is 31.7 Å². The normalized spacial score (nSPS) is 21.5. The molecule has 2 aliphatic heterocycles. The number of piperidine rings is 1. The largest absolute Gasteiger partial charge is 0.379 e. The molecule has 0 aliphatic carbocycles. The lowest BCUT2D eigenvalue weighted by Gasteiger charge is -2.39. The number of nitrogens with zero attached hydrogens (tertiary/aromatic N) is 3. The highest BCUT2D eigenvalue weighted by Crippen LogP contribution is 2.21. The molecule has 7 heteroatoms. The molecule has 3 heterocycles. The highest BCUT2D eigenvalue weighted by molar-refractivity contribution is 5.88. The summed E-state index contributed by atoms with van der Waals surface area (Å²) in [5.74, 6) is 0.0951. The van der Waals surface area contributed by atoms with Crippen LogP contribution in [0.25, 0.3) is 10.8 Å². The van der Waals surface area contributed by atoms with E-state index in [1.54, 1.807) is 6.07 Å². The third kappa shape index (κ3) is 4.04. The molecule has 1 atom stereocenters. The number of hydrogen-bond acceptors (Lipinski definition) is 5. The lowest BCUT2D eigenvalue weighted by atomic mass is 10.00. The predicted molar refractivity (Wildman–Crippen MR) is 103 cm³/mol. The van der Waals surface area contributed by atoms with Gasteiger partial charge in [-0.1, -0.05) is 18.2 Å². The van der Waals surface area contributed by atoms with E-state index in [1.165, 1.54) is 6.42 Å². The zero-order valence-electron chi connectivity index (χ0n) is 15.5. The Morgan fingerprint density at radius 1 is 1.15 bits per heavy atom. The van der Waals surface area contributed by atoms with Crippen LogP contribution in [0.1, 0.15) is 25.0 Å². The highest BCUT2D eigenvalue weighted by Gasteiger charge is 2.29. The van der Waals surface area contributed by atoms with Crippen molar-refractivity contribution in [1.82, 2.24) is 20.0 Å². The number of nitrogens with one attached hydrogen (secondary N) is 1. The van der Waals surface area contributed by atoms with E-state index in [9.17, 15) is 9.59 Å². The molecule has 1 amide bonds. The van der Waals surface area contributed by atoms with Crippen LogP contribution in [0, 0.1) is 0 Å². The van der Waals surface area contributed by atoms with Crippen LogP contribution in [0.2, 0.25) is 0 Å². The van der Waals surface area contributed by atoms with Crippen molar-refractivity contribution in [3.63, 3.8) is 0 Å². The monoisotopic (exact) mass is 370 g/mol. The van der Waals surface area contributed by atoms with E-state index < -0.39 is 0 Å². The number of hydrogen-bond donors (Lipinski definition) is 1. The molecule has 0 bridgehead atoms. The van der Waals surface area contributed by atoms with Crippen LogP contribution in [0.5, 0.6) is 0 Å². The van der Waals surface area contributed by atoms with Crippen molar-refractivity contribution in [3.8, 4) is 0 Å². The van der Waals surface area contributed by atoms with E-state index in [1.807, 2.05) is 23.1 Å². The zero-order chi connectivity index (χ0) is 18.6. The number of H-pyrrole nitrogens is 1. The van der Waals surface area contributed by atoms with Gasteiger partial charge in [0.05, 0.1) is 30.7 Å². The van der Waals surface area contributed by atoms with Gasteiger partial charge in [-0.05, 0) is 25.3 Å². The van der Waals surface area contributed by atoms with Gasteiger partial charge in [-0.3, -0.25) is 14.5 Å². The van der Waals surface area contributed by atoms with Crippen LogP contribution in [0.15, 0.2) is 29.1 Å². The predicted octanol–water partition coefficient (Wildman–Crippen LogP) is 1.18. The number of likely N-dealkylation sites (tertiary alicyclic amines) is 1. The maximum atomic E-state index is 13.1. The molecule has 7 nitrogen and oxygen atoms in total. The number of fused-ring (bicyclic) bond motifs is 1. The van der Waals surface area contributed by atoms with Gasteiger partial charge in [0.25, 0.3) is 5.56 Å². The molecular formula is C20H26N4O3. The van der Waals surface area contributed by atoms with Gasteiger partial charge in [-0.25, -0.2) is 5.10 Å². The Labute approximate surface area is 158 Å². The Kier molecular flexibility index (Phi) is 5.50. The number of morpholine rings is 1. The van der Waals surface area contributed by atoms with E-state index in [0.717, 1.165) is 57.6 Å². The van der Waals surface area contributed by atoms with Crippen LogP contribution in [-0.2, 0) is 16.0 Å². The summed E-state index contributed by atoms with van der Waals surface area (Å²) < 4.78 is 5.43. The first kappa shape index (κ1) is 18.1. The first-order chi connectivity index (χ1) is 13.2. The van der Waals surface area contributed by atoms with Crippen LogP contribution in [0.4, 0.5) is 0 Å². The minimum Gasteiger partial charge on any atom is -0.379 e. The Balaban J connectivity index is 1.51. The molecule has 0 saturated carbocycles. The van der Waals surface area contributed by atoms with Gasteiger partial charge in [0.15, 0.2) is 0 Å². The number of benzene rings is 1. The number of aromatic amines is 1. The van der Waals surface area contributed by atoms with Crippen LogP contribution >= 0.6 is 0 Å². The molecule has 0 radical (unpaired) electrons. The summed E-state index contributed by atoms with van der Waals surface area (Å²) in [5.41, 5.74) is 0.427. The molecule has 0 spiro atoms. The smallest absolute Gasteiger partial charge is 0.272 e. The molecule has 4 rings (SSSR count). The van der Waals surface area contributed by atoms with Crippen molar-refractivity contribution in [3.05, 3.63) is 40.3 Å². The summed E-state index contributed by atoms with van der Waals surface area (Å²) in [7, 11) is 0. The second kappa shape index (κ2) is 8.19. The number of ether oxygens (including phenoxy) is 1. The van der Waals surface area contributed by atoms with Gasteiger partial charge < -0.3 is 9.64 Å². The number of carbonyl (C=O) groups is 1. The number of aromatic nitrogens is 2. The molecule has 27 heavy (non-hydrogen) atoms. The van der Waals surface area contributed by atoms with Crippen LogP contribution in [-0.4, -0.2) is 71.3 Å². The number of rotatable bonds is 4. The maximum absolute atomic E-state index is 13.1. The van der Waals surface area contributed by atoms with Gasteiger partial charge in [0.2, 0.25) is 5.91 Å². The zero-order valence-corrected chi connectivity index (χ0v) is 15.5. The minimum absolute atomic E-state index is 0.0951. The number of carbonyl (C=O) groups excluding carboxylic acids is 1. The second-order valence-corrected chi connectivity index (χ2v) is 7.37. The molecule has 1 aromatic heterocycles. The first-order valence-electron chi connectivity index (χ1n) is 9.78. The van der Waals surface area contributed by atoms with E-state index in [0.29, 0.717) is 11.1 Å². The molecule has 144 valence electrons. The molecule has 2 aromatic rings. The van der Waals surface area contributed by atoms with E-state index >= 15 is 0 Å². The summed E-state index contributed by atoms with van der Waals surface area (Å²) in [4.78, 5) is 29.5. The Bertz CT molecular complexity index is 860. The lowest BCUT2D eigenvalue weighted by molar-refractivity contribution is -0.134. The van der Waals surface area contributed by atoms with Gasteiger partial charge >= 0.3 is 0 Å². The molecule has 1 aromatic carbocycles. The standard InChI is InChI=1S/C20H26N4O3/c25-19(13-18-16-6-1-2-7-17(16)20(26)22-21-18)24-8-4-3-5-15(24)14-23-9-11-27-12-10-23/h1-2,6-7,15H,3-5,8-14H2,(H,22,26). The second-order valence-electron chi connectivity index (χ2n) is 7.37. The number of amides is 1. The van der Waals surface area contributed by atoms with Crippen molar-refractivity contribution >= 4 is 16.7 Å². The Hall–Kier alpha value is -2.25. The van der Waals surface area contributed by atoms with E-state index in [2.05, 4.69) is 15.1 Å². The quantitative estimate of drug-likeness (QED) is 0.874. The SMILES string of the molecule is O=C(Cc1n[nH]c(=O)c2ccccc12)N1CCCCC1CN1CCOCC1. The first-order valence-corrected chi connectivity index (χ1v) is 9.78. The van der Waals surface area contributed by atoms with Gasteiger partial charge in [0, 0.05) is 37.6 Å². The Morgan fingerprint density at radius 2 is 1.93 bits per heavy atom. The lowest BCUT2D eigenvalue weighted by Crippen LogP contribution is -2.51. The van der Waals surface area contributed by atoms with Gasteiger partial charge in [-0.2, -0.15) is 5.10 Å². The van der Waals surface area contributed by atoms with E-state index in [4.69, 9.17) is 4.74 Å². The minimum atomic E-state index is -0.218. The van der Waals surface area contributed by atoms with Crippen LogP contribution < -0.4 is 5.56 Å². The fourth-order valence-electron chi connectivity index (χ4n) is 4.15. The summed E-state index contributed by atoms with van der Waals surface area (Å²) in [6.07, 6.45) is 3.48. The molecule has 1 unspecified atom stereocenters. The molecule has 1 N–H and O–H groups in total. The molecule has 2 saturated heterocycles. The third-order valence-corrected chi connectivity index (χ3v) is 5.61. The summed E-state index contributed by atoms with van der Waals surface area (Å²) in [6.45, 7) is 5.13. The maximum Gasteiger partial charge on any atom is 0.272 e. The summed E-state index contributed by atoms with van der Waals surface area (Å²) in [5, 5.41) is 8.04. The van der Waals surface area contributed by atoms with Crippen molar-refractivity contribution in [2.24, 2.45) is 0 Å².